The molecule has 6 nitrogen and oxygen atoms in total. The van der Waals surface area contributed by atoms with Gasteiger partial charge in [-0.05, 0) is 25.1 Å². The summed E-state index contributed by atoms with van der Waals surface area (Å²) in [6.07, 6.45) is 0. The maximum atomic E-state index is 10.8. The van der Waals surface area contributed by atoms with Crippen LogP contribution in [0.25, 0.3) is 0 Å². The Morgan fingerprint density at radius 1 is 1.33 bits per heavy atom. The Morgan fingerprint density at radius 3 is 2.78 bits per heavy atom. The second kappa shape index (κ2) is 4.70. The molecule has 0 aliphatic rings. The van der Waals surface area contributed by atoms with Crippen molar-refractivity contribution in [3.05, 3.63) is 41.7 Å². The van der Waals surface area contributed by atoms with Crippen molar-refractivity contribution in [2.45, 2.75) is 6.92 Å². The molecule has 2 rings (SSSR count). The molecule has 0 radical (unpaired) electrons. The normalized spacial score (nSPS) is 10.1. The van der Waals surface area contributed by atoms with Crippen molar-refractivity contribution >= 4 is 23.3 Å². The molecule has 1 aromatic carbocycles. The van der Waals surface area contributed by atoms with E-state index in [1.807, 2.05) is 0 Å². The monoisotopic (exact) mass is 244 g/mol. The molecule has 0 unspecified atom stereocenters. The van der Waals surface area contributed by atoms with Gasteiger partial charge in [-0.25, -0.2) is 14.8 Å². The third-order valence-electron chi connectivity index (χ3n) is 2.24. The molecule has 0 spiro atoms. The zero-order chi connectivity index (χ0) is 13.1. The van der Waals surface area contributed by atoms with E-state index in [4.69, 9.17) is 10.8 Å². The number of carboxylic acid groups (broad SMARTS) is 1. The minimum absolute atomic E-state index is 0.207. The predicted octanol–water partition coefficient (Wildman–Crippen LogP) is 1.81. The highest BCUT2D eigenvalue weighted by Gasteiger charge is 2.04. The lowest BCUT2D eigenvalue weighted by Gasteiger charge is -2.07. The van der Waals surface area contributed by atoms with Crippen LogP contribution >= 0.6 is 0 Å². The van der Waals surface area contributed by atoms with Crippen molar-refractivity contribution < 1.29 is 9.90 Å². The minimum Gasteiger partial charge on any atom is -0.478 e. The smallest absolute Gasteiger partial charge is 0.335 e. The maximum absolute atomic E-state index is 10.8. The molecule has 0 bridgehead atoms. The SMILES string of the molecule is Cc1nc(N)cc(Nc2cccc(C(=O)O)c2)n1. The number of aryl methyl sites for hydroxylation is 1. The summed E-state index contributed by atoms with van der Waals surface area (Å²) in [5, 5.41) is 11.9. The number of nitrogens with two attached hydrogens (primary N) is 1. The van der Waals surface area contributed by atoms with Gasteiger partial charge in [-0.15, -0.1) is 0 Å². The molecule has 2 aromatic rings. The van der Waals surface area contributed by atoms with Crippen molar-refractivity contribution in [1.29, 1.82) is 0 Å². The number of benzene rings is 1. The number of nitrogens with one attached hydrogen (secondary N) is 1. The van der Waals surface area contributed by atoms with Crippen LogP contribution in [0.3, 0.4) is 0 Å². The van der Waals surface area contributed by atoms with Crippen LogP contribution in [0.4, 0.5) is 17.3 Å². The average molecular weight is 244 g/mol. The van der Waals surface area contributed by atoms with E-state index in [-0.39, 0.29) is 5.56 Å². The number of nitrogen functional groups attached to an aromatic ring is 1. The van der Waals surface area contributed by atoms with Crippen LogP contribution in [0.1, 0.15) is 16.2 Å². The molecular formula is C12H12N4O2. The summed E-state index contributed by atoms with van der Waals surface area (Å²) >= 11 is 0. The van der Waals surface area contributed by atoms with Crippen LogP contribution in [0.15, 0.2) is 30.3 Å². The first-order valence-electron chi connectivity index (χ1n) is 5.26. The Morgan fingerprint density at radius 2 is 2.11 bits per heavy atom. The molecule has 0 aliphatic carbocycles. The molecule has 0 aliphatic heterocycles. The van der Waals surface area contributed by atoms with Gasteiger partial charge in [0.1, 0.15) is 17.5 Å². The molecule has 6 heteroatoms. The Hall–Kier alpha value is -2.63. The van der Waals surface area contributed by atoms with Crippen molar-refractivity contribution in [2.24, 2.45) is 0 Å². The standard InChI is InChI=1S/C12H12N4O2/c1-7-14-10(13)6-11(15-7)16-9-4-2-3-8(5-9)12(17)18/h2-6H,1H3,(H,17,18)(H3,13,14,15,16). The quantitative estimate of drug-likeness (QED) is 0.761. The van der Waals surface area contributed by atoms with Crippen LogP contribution in [0.5, 0.6) is 0 Å². The minimum atomic E-state index is -0.975. The lowest BCUT2D eigenvalue weighted by atomic mass is 10.2. The highest BCUT2D eigenvalue weighted by molar-refractivity contribution is 5.89. The van der Waals surface area contributed by atoms with Gasteiger partial charge in [-0.2, -0.15) is 0 Å². The number of carbonyl (C=O) groups is 1. The van der Waals surface area contributed by atoms with Crippen LogP contribution in [0, 0.1) is 6.92 Å². The number of hydrogen-bond donors (Lipinski definition) is 3. The lowest BCUT2D eigenvalue weighted by molar-refractivity contribution is 0.0697. The van der Waals surface area contributed by atoms with Crippen LogP contribution in [-0.4, -0.2) is 21.0 Å². The predicted molar refractivity (Wildman–Crippen MR) is 67.9 cm³/mol. The van der Waals surface area contributed by atoms with Crippen molar-refractivity contribution in [3.8, 4) is 0 Å². The fourth-order valence-electron chi connectivity index (χ4n) is 1.53. The Kier molecular flexibility index (Phi) is 3.09. The second-order valence-corrected chi connectivity index (χ2v) is 3.74. The van der Waals surface area contributed by atoms with Gasteiger partial charge in [0.15, 0.2) is 0 Å². The molecule has 1 heterocycles. The fraction of sp³-hybridized carbons (Fsp3) is 0.0833. The van der Waals surface area contributed by atoms with Gasteiger partial charge in [0.2, 0.25) is 0 Å². The van der Waals surface area contributed by atoms with Gasteiger partial charge in [0.25, 0.3) is 0 Å². The number of anilines is 3. The Bertz CT molecular complexity index is 578. The number of aromatic nitrogens is 2. The summed E-state index contributed by atoms with van der Waals surface area (Å²) in [7, 11) is 0. The summed E-state index contributed by atoms with van der Waals surface area (Å²) in [6.45, 7) is 1.73. The highest BCUT2D eigenvalue weighted by atomic mass is 16.4. The van der Waals surface area contributed by atoms with Gasteiger partial charge >= 0.3 is 5.97 Å². The first-order chi connectivity index (χ1) is 8.54. The van der Waals surface area contributed by atoms with Gasteiger partial charge in [-0.3, -0.25) is 0 Å². The maximum Gasteiger partial charge on any atom is 0.335 e. The summed E-state index contributed by atoms with van der Waals surface area (Å²) in [6, 6.07) is 8.03. The molecule has 0 saturated heterocycles. The summed E-state index contributed by atoms with van der Waals surface area (Å²) in [5.41, 5.74) is 6.45. The van der Waals surface area contributed by atoms with Gasteiger partial charge in [0.05, 0.1) is 5.56 Å². The van der Waals surface area contributed by atoms with Crippen LogP contribution < -0.4 is 11.1 Å². The number of aromatic carboxylic acids is 1. The van der Waals surface area contributed by atoms with E-state index < -0.39 is 5.97 Å². The topological polar surface area (TPSA) is 101 Å². The lowest BCUT2D eigenvalue weighted by Crippen LogP contribution is -2.02. The van der Waals surface area contributed by atoms with Gasteiger partial charge in [0, 0.05) is 11.8 Å². The van der Waals surface area contributed by atoms with E-state index in [0.717, 1.165) is 0 Å². The van der Waals surface area contributed by atoms with Crippen molar-refractivity contribution in [3.63, 3.8) is 0 Å². The number of nitrogens with zero attached hydrogens (tertiary/aromatic N) is 2. The van der Waals surface area contributed by atoms with Crippen LogP contribution in [-0.2, 0) is 0 Å². The molecule has 0 fully saturated rings. The van der Waals surface area contributed by atoms with E-state index in [1.54, 1.807) is 25.1 Å². The zero-order valence-corrected chi connectivity index (χ0v) is 9.71. The summed E-state index contributed by atoms with van der Waals surface area (Å²) in [4.78, 5) is 18.9. The second-order valence-electron chi connectivity index (χ2n) is 3.74. The molecule has 0 saturated carbocycles. The largest absolute Gasteiger partial charge is 0.478 e. The third kappa shape index (κ3) is 2.73. The Balaban J connectivity index is 2.28. The number of rotatable bonds is 3. The molecule has 1 aromatic heterocycles. The highest BCUT2D eigenvalue weighted by Crippen LogP contribution is 2.17. The Labute approximate surface area is 104 Å². The fourth-order valence-corrected chi connectivity index (χ4v) is 1.53. The van der Waals surface area contributed by atoms with Crippen molar-refractivity contribution in [1.82, 2.24) is 9.97 Å². The zero-order valence-electron chi connectivity index (χ0n) is 9.71. The number of hydrogen-bond acceptors (Lipinski definition) is 5. The van der Waals surface area contributed by atoms with Crippen LogP contribution in [0.2, 0.25) is 0 Å². The third-order valence-corrected chi connectivity index (χ3v) is 2.24. The summed E-state index contributed by atoms with van der Waals surface area (Å²) in [5.74, 6) is 0.464. The molecule has 18 heavy (non-hydrogen) atoms. The van der Waals surface area contributed by atoms with E-state index in [2.05, 4.69) is 15.3 Å². The first-order valence-corrected chi connectivity index (χ1v) is 5.26. The first kappa shape index (κ1) is 11.8. The van der Waals surface area contributed by atoms with E-state index in [1.165, 1.54) is 12.1 Å². The molecule has 4 N–H and O–H groups in total. The van der Waals surface area contributed by atoms with Crippen molar-refractivity contribution in [2.75, 3.05) is 11.1 Å². The number of carboxylic acids is 1. The summed E-state index contributed by atoms with van der Waals surface area (Å²) < 4.78 is 0. The van der Waals surface area contributed by atoms with E-state index >= 15 is 0 Å². The van der Waals surface area contributed by atoms with E-state index in [0.29, 0.717) is 23.1 Å². The molecular weight excluding hydrogens is 232 g/mol. The molecule has 92 valence electrons. The van der Waals surface area contributed by atoms with Gasteiger partial charge < -0.3 is 16.2 Å². The van der Waals surface area contributed by atoms with E-state index in [9.17, 15) is 4.79 Å². The molecule has 0 atom stereocenters. The average Bonchev–Trinajstić information content (AvgIpc) is 2.27. The molecule has 0 amide bonds. The van der Waals surface area contributed by atoms with Gasteiger partial charge in [-0.1, -0.05) is 6.07 Å².